The molecule has 0 bridgehead atoms. The van der Waals surface area contributed by atoms with Crippen molar-refractivity contribution in [3.8, 4) is 0 Å². The maximum Gasteiger partial charge on any atom is 0.133 e. The summed E-state index contributed by atoms with van der Waals surface area (Å²) in [6, 6.07) is 12.2. The predicted molar refractivity (Wildman–Crippen MR) is 63.1 cm³/mol. The molecule has 1 aromatic heterocycles. The monoisotopic (exact) mass is 216 g/mol. The SMILES string of the molecule is CSc1ccnc(Cc2ccccc2)n1. The Morgan fingerprint density at radius 2 is 1.93 bits per heavy atom. The molecule has 2 nitrogen and oxygen atoms in total. The van der Waals surface area contributed by atoms with Gasteiger partial charge in [-0.2, -0.15) is 0 Å². The molecule has 2 rings (SSSR count). The highest BCUT2D eigenvalue weighted by atomic mass is 32.2. The largest absolute Gasteiger partial charge is 0.241 e. The summed E-state index contributed by atoms with van der Waals surface area (Å²) < 4.78 is 0. The van der Waals surface area contributed by atoms with Crippen molar-refractivity contribution >= 4 is 11.8 Å². The molecule has 0 saturated carbocycles. The molecular weight excluding hydrogens is 204 g/mol. The fraction of sp³-hybridized carbons (Fsp3) is 0.167. The van der Waals surface area contributed by atoms with E-state index in [1.54, 1.807) is 11.8 Å². The number of aromatic nitrogens is 2. The van der Waals surface area contributed by atoms with Gasteiger partial charge in [-0.1, -0.05) is 30.3 Å². The van der Waals surface area contributed by atoms with E-state index in [-0.39, 0.29) is 0 Å². The van der Waals surface area contributed by atoms with Crippen molar-refractivity contribution in [1.82, 2.24) is 9.97 Å². The average Bonchev–Trinajstić information content (AvgIpc) is 2.31. The molecule has 0 aliphatic heterocycles. The van der Waals surface area contributed by atoms with Crippen molar-refractivity contribution in [2.45, 2.75) is 11.4 Å². The molecule has 0 aliphatic carbocycles. The molecule has 0 fully saturated rings. The first kappa shape index (κ1) is 10.2. The minimum Gasteiger partial charge on any atom is -0.241 e. The van der Waals surface area contributed by atoms with E-state index < -0.39 is 0 Å². The maximum absolute atomic E-state index is 4.44. The molecule has 0 aliphatic rings. The van der Waals surface area contributed by atoms with E-state index in [1.165, 1.54) is 5.56 Å². The van der Waals surface area contributed by atoms with Crippen molar-refractivity contribution in [2.24, 2.45) is 0 Å². The molecule has 15 heavy (non-hydrogen) atoms. The molecule has 0 saturated heterocycles. The van der Waals surface area contributed by atoms with Crippen LogP contribution in [0.2, 0.25) is 0 Å². The van der Waals surface area contributed by atoms with Gasteiger partial charge in [-0.3, -0.25) is 0 Å². The zero-order valence-corrected chi connectivity index (χ0v) is 9.37. The lowest BCUT2D eigenvalue weighted by atomic mass is 10.1. The summed E-state index contributed by atoms with van der Waals surface area (Å²) in [7, 11) is 0. The van der Waals surface area contributed by atoms with Crippen LogP contribution in [0.25, 0.3) is 0 Å². The molecule has 0 spiro atoms. The van der Waals surface area contributed by atoms with Crippen LogP contribution in [-0.2, 0) is 6.42 Å². The summed E-state index contributed by atoms with van der Waals surface area (Å²) >= 11 is 1.64. The first-order valence-electron chi connectivity index (χ1n) is 4.78. The Labute approximate surface area is 93.8 Å². The molecule has 0 unspecified atom stereocenters. The van der Waals surface area contributed by atoms with Gasteiger partial charge >= 0.3 is 0 Å². The third kappa shape index (κ3) is 2.80. The van der Waals surface area contributed by atoms with Gasteiger partial charge in [-0.15, -0.1) is 11.8 Å². The molecule has 0 N–H and O–H groups in total. The van der Waals surface area contributed by atoms with Crippen LogP contribution in [0.3, 0.4) is 0 Å². The van der Waals surface area contributed by atoms with Crippen LogP contribution >= 0.6 is 11.8 Å². The quantitative estimate of drug-likeness (QED) is 0.583. The highest BCUT2D eigenvalue weighted by Crippen LogP contribution is 2.11. The van der Waals surface area contributed by atoms with Crippen molar-refractivity contribution in [2.75, 3.05) is 6.26 Å². The second kappa shape index (κ2) is 4.94. The average molecular weight is 216 g/mol. The fourth-order valence-electron chi connectivity index (χ4n) is 1.36. The number of hydrogen-bond acceptors (Lipinski definition) is 3. The first-order chi connectivity index (χ1) is 7.38. The van der Waals surface area contributed by atoms with Crippen LogP contribution in [0.1, 0.15) is 11.4 Å². The van der Waals surface area contributed by atoms with Gasteiger partial charge in [0, 0.05) is 12.6 Å². The van der Waals surface area contributed by atoms with Gasteiger partial charge in [0.2, 0.25) is 0 Å². The molecule has 1 aromatic carbocycles. The summed E-state index contributed by atoms with van der Waals surface area (Å²) in [6.07, 6.45) is 4.64. The number of benzene rings is 1. The molecule has 0 atom stereocenters. The van der Waals surface area contributed by atoms with Gasteiger partial charge in [-0.05, 0) is 17.9 Å². The Bertz CT molecular complexity index is 429. The van der Waals surface area contributed by atoms with Crippen molar-refractivity contribution in [3.05, 3.63) is 54.0 Å². The van der Waals surface area contributed by atoms with Crippen LogP contribution in [0.5, 0.6) is 0 Å². The highest BCUT2D eigenvalue weighted by Gasteiger charge is 1.99. The third-order valence-electron chi connectivity index (χ3n) is 2.09. The molecule has 76 valence electrons. The summed E-state index contributed by atoms with van der Waals surface area (Å²) in [6.45, 7) is 0. The van der Waals surface area contributed by atoms with E-state index in [0.29, 0.717) is 0 Å². The molecule has 0 radical (unpaired) electrons. The van der Waals surface area contributed by atoms with Crippen LogP contribution < -0.4 is 0 Å². The Balaban J connectivity index is 2.17. The summed E-state index contributed by atoms with van der Waals surface area (Å²) in [5, 5.41) is 1.02. The van der Waals surface area contributed by atoms with E-state index in [1.807, 2.05) is 36.7 Å². The summed E-state index contributed by atoms with van der Waals surface area (Å²) in [4.78, 5) is 8.70. The van der Waals surface area contributed by atoms with Gasteiger partial charge in [0.05, 0.1) is 5.03 Å². The van der Waals surface area contributed by atoms with Gasteiger partial charge in [0.1, 0.15) is 5.82 Å². The van der Waals surface area contributed by atoms with E-state index >= 15 is 0 Å². The Morgan fingerprint density at radius 1 is 1.13 bits per heavy atom. The topological polar surface area (TPSA) is 25.8 Å². The van der Waals surface area contributed by atoms with Crippen molar-refractivity contribution in [3.63, 3.8) is 0 Å². The van der Waals surface area contributed by atoms with E-state index in [2.05, 4.69) is 22.1 Å². The first-order valence-corrected chi connectivity index (χ1v) is 6.01. The van der Waals surface area contributed by atoms with Gasteiger partial charge in [0.25, 0.3) is 0 Å². The van der Waals surface area contributed by atoms with E-state index in [4.69, 9.17) is 0 Å². The van der Waals surface area contributed by atoms with Crippen molar-refractivity contribution < 1.29 is 0 Å². The van der Waals surface area contributed by atoms with Gasteiger partial charge < -0.3 is 0 Å². The van der Waals surface area contributed by atoms with Gasteiger partial charge in [0.15, 0.2) is 0 Å². The number of rotatable bonds is 3. The van der Waals surface area contributed by atoms with Crippen LogP contribution in [0.4, 0.5) is 0 Å². The van der Waals surface area contributed by atoms with E-state index in [9.17, 15) is 0 Å². The zero-order valence-electron chi connectivity index (χ0n) is 8.55. The molecule has 1 heterocycles. The molecule has 2 aromatic rings. The smallest absolute Gasteiger partial charge is 0.133 e. The van der Waals surface area contributed by atoms with Crippen LogP contribution in [0.15, 0.2) is 47.6 Å². The zero-order chi connectivity index (χ0) is 10.5. The second-order valence-electron chi connectivity index (χ2n) is 3.18. The normalized spacial score (nSPS) is 10.2. The molecule has 3 heteroatoms. The Kier molecular flexibility index (Phi) is 3.35. The minimum atomic E-state index is 0.801. The standard InChI is InChI=1S/C12H12N2S/c1-15-12-7-8-13-11(14-12)9-10-5-3-2-4-6-10/h2-8H,9H2,1H3. The van der Waals surface area contributed by atoms with Gasteiger partial charge in [-0.25, -0.2) is 9.97 Å². The fourth-order valence-corrected chi connectivity index (χ4v) is 1.75. The Morgan fingerprint density at radius 3 is 2.67 bits per heavy atom. The van der Waals surface area contributed by atoms with E-state index in [0.717, 1.165) is 17.3 Å². The lowest BCUT2D eigenvalue weighted by molar-refractivity contribution is 0.911. The lowest BCUT2D eigenvalue weighted by Crippen LogP contribution is -1.96. The Hall–Kier alpha value is -1.35. The van der Waals surface area contributed by atoms with Crippen molar-refractivity contribution in [1.29, 1.82) is 0 Å². The summed E-state index contributed by atoms with van der Waals surface area (Å²) in [5.41, 5.74) is 1.25. The maximum atomic E-state index is 4.44. The molecular formula is C12H12N2S. The number of thioether (sulfide) groups is 1. The minimum absolute atomic E-state index is 0.801. The number of hydrogen-bond donors (Lipinski definition) is 0. The predicted octanol–water partition coefficient (Wildman–Crippen LogP) is 2.79. The van der Waals surface area contributed by atoms with Crippen LogP contribution in [-0.4, -0.2) is 16.2 Å². The highest BCUT2D eigenvalue weighted by molar-refractivity contribution is 7.98. The summed E-state index contributed by atoms with van der Waals surface area (Å²) in [5.74, 6) is 0.882. The molecule has 0 amide bonds. The van der Waals surface area contributed by atoms with Crippen LogP contribution in [0, 0.1) is 0 Å². The number of nitrogens with zero attached hydrogens (tertiary/aromatic N) is 2. The third-order valence-corrected chi connectivity index (χ3v) is 2.74. The second-order valence-corrected chi connectivity index (χ2v) is 4.00. The lowest BCUT2D eigenvalue weighted by Gasteiger charge is -2.01.